The van der Waals surface area contributed by atoms with E-state index in [0.29, 0.717) is 29.3 Å². The van der Waals surface area contributed by atoms with Gasteiger partial charge >= 0.3 is 0 Å². The Kier molecular flexibility index (Phi) is 6.05. The fourth-order valence-corrected chi connectivity index (χ4v) is 6.23. The zero-order valence-electron chi connectivity index (χ0n) is 14.3. The van der Waals surface area contributed by atoms with Crippen molar-refractivity contribution in [3.05, 3.63) is 18.3 Å². The van der Waals surface area contributed by atoms with Gasteiger partial charge in [-0.15, -0.1) is 0 Å². The third kappa shape index (κ3) is 4.06. The smallest absolute Gasteiger partial charge is 0.244 e. The monoisotopic (exact) mass is 369 g/mol. The molecule has 2 unspecified atom stereocenters. The Hall–Kier alpha value is -0.790. The van der Waals surface area contributed by atoms with Crippen LogP contribution in [0.1, 0.15) is 45.4 Å². The topological polar surface area (TPSA) is 62.3 Å². The maximum atomic E-state index is 12.6. The number of nitrogens with zero attached hydrogens (tertiary/aromatic N) is 2. The minimum Gasteiger partial charge on any atom is -0.366 e. The van der Waals surface area contributed by atoms with Gasteiger partial charge < -0.3 is 5.32 Å². The highest BCUT2D eigenvalue weighted by atomic mass is 32.2. The standard InChI is InChI=1S/C17H27N3O2S2/c1-2-23-16-8-6-7-15(16)19-17-10-9-14(13-18-17)24(21,22)20-11-4-3-5-12-20/h9-10,13,15-16H,2-8,11-12H2,1H3,(H,18,19). The number of rotatable bonds is 6. The highest BCUT2D eigenvalue weighted by molar-refractivity contribution is 7.99. The zero-order valence-corrected chi connectivity index (χ0v) is 15.9. The Bertz CT molecular complexity index is 628. The molecule has 2 aliphatic rings. The summed E-state index contributed by atoms with van der Waals surface area (Å²) in [4.78, 5) is 4.68. The van der Waals surface area contributed by atoms with E-state index in [1.165, 1.54) is 19.0 Å². The quantitative estimate of drug-likeness (QED) is 0.833. The van der Waals surface area contributed by atoms with Crippen molar-refractivity contribution in [1.82, 2.24) is 9.29 Å². The van der Waals surface area contributed by atoms with Gasteiger partial charge in [-0.25, -0.2) is 13.4 Å². The molecule has 0 aromatic carbocycles. The lowest BCUT2D eigenvalue weighted by Crippen LogP contribution is -2.35. The SMILES string of the molecule is CCSC1CCCC1Nc1ccc(S(=O)(=O)N2CCCCC2)cn1. The second-order valence-corrected chi connectivity index (χ2v) is 9.97. The number of hydrogen-bond donors (Lipinski definition) is 1. The fraction of sp³-hybridized carbons (Fsp3) is 0.706. The summed E-state index contributed by atoms with van der Waals surface area (Å²) in [6.45, 7) is 3.44. The van der Waals surface area contributed by atoms with Gasteiger partial charge in [-0.1, -0.05) is 19.8 Å². The number of hydrogen-bond acceptors (Lipinski definition) is 5. The molecule has 1 aliphatic carbocycles. The lowest BCUT2D eigenvalue weighted by molar-refractivity contribution is 0.346. The predicted octanol–water partition coefficient (Wildman–Crippen LogP) is 3.34. The molecule has 2 heterocycles. The molecule has 134 valence electrons. The first-order valence-electron chi connectivity index (χ1n) is 8.95. The predicted molar refractivity (Wildman–Crippen MR) is 100 cm³/mol. The molecule has 1 aromatic rings. The van der Waals surface area contributed by atoms with Gasteiger partial charge in [0, 0.05) is 30.6 Å². The van der Waals surface area contributed by atoms with Gasteiger partial charge in [-0.05, 0) is 43.6 Å². The number of piperidine rings is 1. The molecule has 1 aromatic heterocycles. The molecule has 24 heavy (non-hydrogen) atoms. The molecule has 5 nitrogen and oxygen atoms in total. The molecule has 0 bridgehead atoms. The summed E-state index contributed by atoms with van der Waals surface area (Å²) in [5.74, 6) is 1.91. The van der Waals surface area contributed by atoms with Crippen LogP contribution in [-0.4, -0.2) is 47.8 Å². The Morgan fingerprint density at radius 3 is 2.67 bits per heavy atom. The van der Waals surface area contributed by atoms with Gasteiger partial charge in [0.2, 0.25) is 10.0 Å². The van der Waals surface area contributed by atoms with E-state index in [-0.39, 0.29) is 0 Å². The van der Waals surface area contributed by atoms with Crippen molar-refractivity contribution in [1.29, 1.82) is 0 Å². The summed E-state index contributed by atoms with van der Waals surface area (Å²) in [5, 5.41) is 4.13. The summed E-state index contributed by atoms with van der Waals surface area (Å²) in [6.07, 6.45) is 8.17. The van der Waals surface area contributed by atoms with Gasteiger partial charge in [0.15, 0.2) is 0 Å². The second-order valence-electron chi connectivity index (χ2n) is 6.52. The van der Waals surface area contributed by atoms with E-state index in [0.717, 1.165) is 37.3 Å². The summed E-state index contributed by atoms with van der Waals surface area (Å²) in [7, 11) is -3.39. The molecule has 0 spiro atoms. The van der Waals surface area contributed by atoms with Crippen molar-refractivity contribution >= 4 is 27.6 Å². The number of anilines is 1. The summed E-state index contributed by atoms with van der Waals surface area (Å²) in [5.41, 5.74) is 0. The van der Waals surface area contributed by atoms with Crippen LogP contribution in [-0.2, 0) is 10.0 Å². The summed E-state index contributed by atoms with van der Waals surface area (Å²) >= 11 is 2.00. The number of thioether (sulfide) groups is 1. The van der Waals surface area contributed by atoms with Crippen molar-refractivity contribution in [2.24, 2.45) is 0 Å². The zero-order chi connectivity index (χ0) is 17.0. The Morgan fingerprint density at radius 1 is 1.21 bits per heavy atom. The molecule has 1 N–H and O–H groups in total. The third-order valence-electron chi connectivity index (χ3n) is 4.86. The van der Waals surface area contributed by atoms with E-state index in [9.17, 15) is 8.42 Å². The largest absolute Gasteiger partial charge is 0.366 e. The Balaban J connectivity index is 1.66. The van der Waals surface area contributed by atoms with Gasteiger partial charge in [0.25, 0.3) is 0 Å². The first kappa shape index (κ1) is 18.0. The van der Waals surface area contributed by atoms with E-state index >= 15 is 0 Å². The highest BCUT2D eigenvalue weighted by Crippen LogP contribution is 2.32. The Morgan fingerprint density at radius 2 is 2.00 bits per heavy atom. The molecule has 1 saturated carbocycles. The van der Waals surface area contributed by atoms with Crippen LogP contribution < -0.4 is 5.32 Å². The lowest BCUT2D eigenvalue weighted by Gasteiger charge is -2.26. The first-order chi connectivity index (χ1) is 11.6. The summed E-state index contributed by atoms with van der Waals surface area (Å²) in [6, 6.07) is 3.94. The number of nitrogens with one attached hydrogen (secondary N) is 1. The van der Waals surface area contributed by atoms with Gasteiger partial charge in [-0.3, -0.25) is 0 Å². The van der Waals surface area contributed by atoms with E-state index in [2.05, 4.69) is 17.2 Å². The molecule has 0 amide bonds. The highest BCUT2D eigenvalue weighted by Gasteiger charge is 2.28. The molecule has 7 heteroatoms. The van der Waals surface area contributed by atoms with Crippen LogP contribution in [0.4, 0.5) is 5.82 Å². The van der Waals surface area contributed by atoms with E-state index in [1.807, 2.05) is 17.8 Å². The lowest BCUT2D eigenvalue weighted by atomic mass is 10.2. The minimum absolute atomic E-state index is 0.306. The van der Waals surface area contributed by atoms with Gasteiger partial charge in [0.05, 0.1) is 0 Å². The average molecular weight is 370 g/mol. The second kappa shape index (κ2) is 8.06. The molecular weight excluding hydrogens is 342 g/mol. The van der Waals surface area contributed by atoms with Crippen LogP contribution in [0.2, 0.25) is 0 Å². The van der Waals surface area contributed by atoms with Crippen LogP contribution in [0.3, 0.4) is 0 Å². The number of pyridine rings is 1. The van der Waals surface area contributed by atoms with E-state index in [4.69, 9.17) is 0 Å². The normalized spacial score (nSPS) is 25.7. The molecule has 2 atom stereocenters. The molecule has 2 fully saturated rings. The van der Waals surface area contributed by atoms with Crippen molar-refractivity contribution in [2.45, 2.75) is 61.6 Å². The number of aromatic nitrogens is 1. The first-order valence-corrected chi connectivity index (χ1v) is 11.4. The minimum atomic E-state index is -3.39. The van der Waals surface area contributed by atoms with E-state index in [1.54, 1.807) is 10.4 Å². The van der Waals surface area contributed by atoms with Crippen molar-refractivity contribution < 1.29 is 8.42 Å². The van der Waals surface area contributed by atoms with Crippen LogP contribution in [0.5, 0.6) is 0 Å². The van der Waals surface area contributed by atoms with Crippen LogP contribution >= 0.6 is 11.8 Å². The Labute approximate surface area is 149 Å². The maximum absolute atomic E-state index is 12.6. The van der Waals surface area contributed by atoms with Crippen LogP contribution in [0, 0.1) is 0 Å². The molecule has 1 saturated heterocycles. The molecule has 0 radical (unpaired) electrons. The average Bonchev–Trinajstić information content (AvgIpc) is 3.03. The van der Waals surface area contributed by atoms with E-state index < -0.39 is 10.0 Å². The van der Waals surface area contributed by atoms with Crippen molar-refractivity contribution in [3.63, 3.8) is 0 Å². The van der Waals surface area contributed by atoms with Crippen LogP contribution in [0.15, 0.2) is 23.2 Å². The molecule has 1 aliphatic heterocycles. The fourth-order valence-electron chi connectivity index (χ4n) is 3.57. The summed E-state index contributed by atoms with van der Waals surface area (Å²) < 4.78 is 26.9. The van der Waals surface area contributed by atoms with Crippen molar-refractivity contribution in [3.8, 4) is 0 Å². The van der Waals surface area contributed by atoms with Crippen LogP contribution in [0.25, 0.3) is 0 Å². The molecular formula is C17H27N3O2S2. The maximum Gasteiger partial charge on any atom is 0.244 e. The third-order valence-corrected chi connectivity index (χ3v) is 8.06. The molecule has 3 rings (SSSR count). The van der Waals surface area contributed by atoms with Gasteiger partial charge in [0.1, 0.15) is 10.7 Å². The van der Waals surface area contributed by atoms with Gasteiger partial charge in [-0.2, -0.15) is 16.1 Å². The van der Waals surface area contributed by atoms with Crippen molar-refractivity contribution in [2.75, 3.05) is 24.2 Å². The number of sulfonamides is 1.